The van der Waals surface area contributed by atoms with Gasteiger partial charge in [-0.2, -0.15) is 0 Å². The van der Waals surface area contributed by atoms with Crippen molar-refractivity contribution in [3.8, 4) is 5.88 Å². The van der Waals surface area contributed by atoms with Gasteiger partial charge in [-0.3, -0.25) is 9.59 Å². The Hall–Kier alpha value is -2.11. The molecule has 0 saturated heterocycles. The Labute approximate surface area is 123 Å². The lowest BCUT2D eigenvalue weighted by molar-refractivity contribution is -0.143. The minimum absolute atomic E-state index is 0.0650. The zero-order chi connectivity index (χ0) is 15.2. The second-order valence-electron chi connectivity index (χ2n) is 5.19. The van der Waals surface area contributed by atoms with Crippen molar-refractivity contribution >= 4 is 17.6 Å². The molecule has 1 aliphatic carbocycles. The molecule has 114 valence electrons. The molecule has 0 aliphatic heterocycles. The third-order valence-corrected chi connectivity index (χ3v) is 3.74. The third kappa shape index (κ3) is 4.18. The molecule has 0 bridgehead atoms. The van der Waals surface area contributed by atoms with E-state index in [4.69, 9.17) is 9.84 Å². The molecule has 1 fully saturated rings. The summed E-state index contributed by atoms with van der Waals surface area (Å²) in [6.07, 6.45) is 3.93. The minimum Gasteiger partial charge on any atom is -0.481 e. The van der Waals surface area contributed by atoms with Crippen molar-refractivity contribution in [3.63, 3.8) is 0 Å². The third-order valence-electron chi connectivity index (χ3n) is 3.74. The Kier molecular flexibility index (Phi) is 5.14. The number of aromatic nitrogens is 1. The van der Waals surface area contributed by atoms with Crippen molar-refractivity contribution in [2.24, 2.45) is 11.8 Å². The number of ether oxygens (including phenoxy) is 1. The van der Waals surface area contributed by atoms with Crippen LogP contribution in [0.4, 0.5) is 5.69 Å². The summed E-state index contributed by atoms with van der Waals surface area (Å²) in [4.78, 5) is 27.1. The van der Waals surface area contributed by atoms with E-state index < -0.39 is 5.97 Å². The van der Waals surface area contributed by atoms with Gasteiger partial charge in [0.2, 0.25) is 11.8 Å². The summed E-state index contributed by atoms with van der Waals surface area (Å²) in [5, 5.41) is 11.8. The van der Waals surface area contributed by atoms with Gasteiger partial charge in [-0.05, 0) is 38.7 Å². The molecule has 1 saturated carbocycles. The highest BCUT2D eigenvalue weighted by atomic mass is 16.5. The molecule has 0 spiro atoms. The summed E-state index contributed by atoms with van der Waals surface area (Å²) >= 11 is 0. The molecule has 6 nitrogen and oxygen atoms in total. The van der Waals surface area contributed by atoms with Gasteiger partial charge < -0.3 is 15.2 Å². The van der Waals surface area contributed by atoms with Gasteiger partial charge in [-0.25, -0.2) is 4.98 Å². The number of pyridine rings is 1. The van der Waals surface area contributed by atoms with Gasteiger partial charge in [0.05, 0.1) is 24.4 Å². The molecule has 1 heterocycles. The lowest BCUT2D eigenvalue weighted by Crippen LogP contribution is -2.29. The van der Waals surface area contributed by atoms with Crippen LogP contribution in [-0.2, 0) is 9.59 Å². The van der Waals surface area contributed by atoms with Crippen LogP contribution in [0.25, 0.3) is 0 Å². The monoisotopic (exact) mass is 292 g/mol. The number of amides is 1. The zero-order valence-electron chi connectivity index (χ0n) is 12.0. The summed E-state index contributed by atoms with van der Waals surface area (Å²) in [7, 11) is 0. The molecule has 1 aromatic rings. The van der Waals surface area contributed by atoms with Crippen molar-refractivity contribution < 1.29 is 19.4 Å². The van der Waals surface area contributed by atoms with E-state index in [-0.39, 0.29) is 17.7 Å². The van der Waals surface area contributed by atoms with Gasteiger partial charge in [0.25, 0.3) is 0 Å². The van der Waals surface area contributed by atoms with Gasteiger partial charge in [-0.15, -0.1) is 0 Å². The van der Waals surface area contributed by atoms with Gasteiger partial charge in [0.15, 0.2) is 0 Å². The quantitative estimate of drug-likeness (QED) is 0.869. The maximum atomic E-state index is 12.1. The van der Waals surface area contributed by atoms with E-state index in [2.05, 4.69) is 10.3 Å². The second-order valence-corrected chi connectivity index (χ2v) is 5.19. The number of hydrogen-bond donors (Lipinski definition) is 2. The van der Waals surface area contributed by atoms with Crippen molar-refractivity contribution in [3.05, 3.63) is 18.3 Å². The molecule has 0 aromatic carbocycles. The summed E-state index contributed by atoms with van der Waals surface area (Å²) in [5.41, 5.74) is 0.629. The first-order valence-electron chi connectivity index (χ1n) is 7.22. The van der Waals surface area contributed by atoms with Gasteiger partial charge in [0, 0.05) is 12.0 Å². The molecule has 1 amide bonds. The van der Waals surface area contributed by atoms with Gasteiger partial charge in [0.1, 0.15) is 0 Å². The molecular weight excluding hydrogens is 272 g/mol. The number of nitrogens with one attached hydrogen (secondary N) is 1. The van der Waals surface area contributed by atoms with Crippen molar-refractivity contribution in [1.82, 2.24) is 4.98 Å². The standard InChI is InChI=1S/C15H20N2O4/c1-2-21-13-8-7-12(9-16-13)17-14(18)10-3-5-11(6-4-10)15(19)20/h7-11H,2-6H2,1H3,(H,17,18)(H,19,20). The number of nitrogens with zero attached hydrogens (tertiary/aromatic N) is 1. The number of anilines is 1. The van der Waals surface area contributed by atoms with Crippen molar-refractivity contribution in [2.75, 3.05) is 11.9 Å². The van der Waals surface area contributed by atoms with Crippen LogP contribution in [-0.4, -0.2) is 28.6 Å². The van der Waals surface area contributed by atoms with E-state index in [0.29, 0.717) is 43.9 Å². The maximum Gasteiger partial charge on any atom is 0.306 e. The van der Waals surface area contributed by atoms with Gasteiger partial charge in [-0.1, -0.05) is 0 Å². The van der Waals surface area contributed by atoms with Gasteiger partial charge >= 0.3 is 5.97 Å². The molecule has 1 aliphatic rings. The van der Waals surface area contributed by atoms with E-state index in [1.165, 1.54) is 0 Å². The van der Waals surface area contributed by atoms with Crippen LogP contribution >= 0.6 is 0 Å². The normalized spacial score (nSPS) is 21.6. The topological polar surface area (TPSA) is 88.5 Å². The van der Waals surface area contributed by atoms with E-state index in [1.54, 1.807) is 18.3 Å². The Morgan fingerprint density at radius 3 is 2.48 bits per heavy atom. The molecule has 2 rings (SSSR count). The first kappa shape index (κ1) is 15.3. The van der Waals surface area contributed by atoms with E-state index in [0.717, 1.165) is 0 Å². The summed E-state index contributed by atoms with van der Waals surface area (Å²) in [6, 6.07) is 3.46. The fraction of sp³-hybridized carbons (Fsp3) is 0.533. The molecule has 6 heteroatoms. The lowest BCUT2D eigenvalue weighted by Gasteiger charge is -2.25. The summed E-state index contributed by atoms with van der Waals surface area (Å²) < 4.78 is 5.24. The molecule has 0 radical (unpaired) electrons. The molecule has 1 aromatic heterocycles. The highest BCUT2D eigenvalue weighted by molar-refractivity contribution is 5.92. The number of carbonyl (C=O) groups is 2. The van der Waals surface area contributed by atoms with Crippen LogP contribution in [0.1, 0.15) is 32.6 Å². The molecule has 2 N–H and O–H groups in total. The lowest BCUT2D eigenvalue weighted by atomic mass is 9.81. The highest BCUT2D eigenvalue weighted by Crippen LogP contribution is 2.29. The highest BCUT2D eigenvalue weighted by Gasteiger charge is 2.29. The van der Waals surface area contributed by atoms with Crippen LogP contribution in [0.5, 0.6) is 5.88 Å². The fourth-order valence-electron chi connectivity index (χ4n) is 2.53. The maximum absolute atomic E-state index is 12.1. The van der Waals surface area contributed by atoms with Crippen molar-refractivity contribution in [1.29, 1.82) is 0 Å². The molecular formula is C15H20N2O4. The van der Waals surface area contributed by atoms with Crippen LogP contribution in [0.3, 0.4) is 0 Å². The Balaban J connectivity index is 1.85. The van der Waals surface area contributed by atoms with Crippen LogP contribution < -0.4 is 10.1 Å². The minimum atomic E-state index is -0.760. The fourth-order valence-corrected chi connectivity index (χ4v) is 2.53. The van der Waals surface area contributed by atoms with E-state index in [9.17, 15) is 9.59 Å². The number of aliphatic carboxylic acids is 1. The number of carboxylic acids is 1. The molecule has 0 unspecified atom stereocenters. The predicted molar refractivity (Wildman–Crippen MR) is 77.1 cm³/mol. The second kappa shape index (κ2) is 7.06. The van der Waals surface area contributed by atoms with Crippen LogP contribution in [0.15, 0.2) is 18.3 Å². The SMILES string of the molecule is CCOc1ccc(NC(=O)C2CCC(C(=O)O)CC2)cn1. The number of carbonyl (C=O) groups excluding carboxylic acids is 1. The van der Waals surface area contributed by atoms with Crippen molar-refractivity contribution in [2.45, 2.75) is 32.6 Å². The van der Waals surface area contributed by atoms with Crippen LogP contribution in [0, 0.1) is 11.8 Å². The van der Waals surface area contributed by atoms with Crippen LogP contribution in [0.2, 0.25) is 0 Å². The zero-order valence-corrected chi connectivity index (χ0v) is 12.0. The number of hydrogen-bond acceptors (Lipinski definition) is 4. The van der Waals surface area contributed by atoms with E-state index >= 15 is 0 Å². The predicted octanol–water partition coefficient (Wildman–Crippen LogP) is 2.31. The molecule has 0 atom stereocenters. The Morgan fingerprint density at radius 2 is 1.95 bits per heavy atom. The first-order chi connectivity index (χ1) is 10.1. The first-order valence-corrected chi connectivity index (χ1v) is 7.22. The number of carboxylic acid groups (broad SMARTS) is 1. The van der Waals surface area contributed by atoms with E-state index in [1.807, 2.05) is 6.92 Å². The summed E-state index contributed by atoms with van der Waals surface area (Å²) in [5.74, 6) is -0.722. The largest absolute Gasteiger partial charge is 0.481 e. The average Bonchev–Trinajstić information content (AvgIpc) is 2.49. The Morgan fingerprint density at radius 1 is 1.29 bits per heavy atom. The Bertz CT molecular complexity index is 493. The molecule has 21 heavy (non-hydrogen) atoms. The smallest absolute Gasteiger partial charge is 0.306 e. The average molecular weight is 292 g/mol. The summed E-state index contributed by atoms with van der Waals surface area (Å²) in [6.45, 7) is 2.43. The number of rotatable bonds is 5.